The average Bonchev–Trinajstić information content (AvgIpc) is 3.40. The molecule has 0 radical (unpaired) electrons. The molecule has 2 aliphatic heterocycles. The molecule has 6 aliphatic rings. The number of fused-ring (bicyclic) bond motifs is 7. The summed E-state index contributed by atoms with van der Waals surface area (Å²) in [5.41, 5.74) is 1.35. The summed E-state index contributed by atoms with van der Waals surface area (Å²) < 4.78 is 24.8. The maximum Gasteiger partial charge on any atom is 0.338 e. The number of benzene rings is 1. The van der Waals surface area contributed by atoms with Gasteiger partial charge in [-0.25, -0.2) is 4.79 Å². The molecule has 1 aromatic rings. The Labute approximate surface area is 241 Å². The van der Waals surface area contributed by atoms with Crippen molar-refractivity contribution >= 4 is 5.97 Å². The van der Waals surface area contributed by atoms with Gasteiger partial charge < -0.3 is 18.9 Å². The maximum atomic E-state index is 12.9. The summed E-state index contributed by atoms with van der Waals surface area (Å²) >= 11 is 0. The van der Waals surface area contributed by atoms with Crippen molar-refractivity contribution in [1.82, 2.24) is 0 Å². The van der Waals surface area contributed by atoms with E-state index in [4.69, 9.17) is 18.9 Å². The van der Waals surface area contributed by atoms with E-state index in [-0.39, 0.29) is 17.9 Å². The first-order valence-electron chi connectivity index (χ1n) is 16.3. The molecular weight excluding hydrogens is 500 g/mol. The zero-order chi connectivity index (χ0) is 27.9. The minimum atomic E-state index is -0.321. The van der Waals surface area contributed by atoms with Gasteiger partial charge in [0.2, 0.25) is 0 Å². The van der Waals surface area contributed by atoms with Gasteiger partial charge in [0.1, 0.15) is 11.9 Å². The Bertz CT molecular complexity index is 1110. The third-order valence-electron chi connectivity index (χ3n) is 13.5. The molecule has 5 nitrogen and oxygen atoms in total. The highest BCUT2D eigenvalue weighted by Crippen LogP contribution is 2.71. The van der Waals surface area contributed by atoms with Crippen LogP contribution in [0.5, 0.6) is 5.75 Å². The Balaban J connectivity index is 1.03. The van der Waals surface area contributed by atoms with E-state index >= 15 is 0 Å². The summed E-state index contributed by atoms with van der Waals surface area (Å²) in [4.78, 5) is 12.9. The van der Waals surface area contributed by atoms with Crippen LogP contribution >= 0.6 is 0 Å². The first-order chi connectivity index (χ1) is 19.2. The van der Waals surface area contributed by atoms with Gasteiger partial charge in [-0.2, -0.15) is 0 Å². The molecule has 2 saturated heterocycles. The lowest BCUT2D eigenvalue weighted by atomic mass is 9.44. The van der Waals surface area contributed by atoms with Crippen LogP contribution in [0.25, 0.3) is 0 Å². The molecule has 220 valence electrons. The Kier molecular flexibility index (Phi) is 6.63. The van der Waals surface area contributed by atoms with E-state index in [0.29, 0.717) is 46.2 Å². The number of ether oxygens (including phenoxy) is 4. The molecule has 0 amide bonds. The van der Waals surface area contributed by atoms with Crippen LogP contribution in [-0.2, 0) is 14.2 Å². The standard InChI is InChI=1S/C35H50O5/c1-21-12-17-35(38-20-21)22(2)31-30(40-35)19-29-27-11-8-24-18-26(39-32(36)23-6-9-25(37-5)10-7-23)13-15-33(24,3)28(27)14-16-34(29,31)4/h6-7,9-10,21-22,24,26-31H,8,11-20H2,1-5H3/t21-,22-,24+,26+,27+,28-,29-,30-,31+,33-,34-,35-/m0/s1. The van der Waals surface area contributed by atoms with Crippen molar-refractivity contribution in [2.24, 2.45) is 52.3 Å². The topological polar surface area (TPSA) is 54.0 Å². The summed E-state index contributed by atoms with van der Waals surface area (Å²) in [6, 6.07) is 7.28. The number of hydrogen-bond donors (Lipinski definition) is 0. The van der Waals surface area contributed by atoms with Crippen LogP contribution in [0.3, 0.4) is 0 Å². The Morgan fingerprint density at radius 1 is 0.900 bits per heavy atom. The highest BCUT2D eigenvalue weighted by molar-refractivity contribution is 5.89. The lowest BCUT2D eigenvalue weighted by Crippen LogP contribution is -2.55. The van der Waals surface area contributed by atoms with E-state index < -0.39 is 0 Å². The summed E-state index contributed by atoms with van der Waals surface area (Å²) in [5.74, 6) is 5.03. The van der Waals surface area contributed by atoms with Gasteiger partial charge in [-0.05, 0) is 128 Å². The molecule has 5 heteroatoms. The minimum Gasteiger partial charge on any atom is -0.497 e. The molecule has 0 N–H and O–H groups in total. The second-order valence-electron chi connectivity index (χ2n) is 15.2. The fraction of sp³-hybridized carbons (Fsp3) is 0.800. The zero-order valence-electron chi connectivity index (χ0n) is 25.3. The molecule has 1 aromatic carbocycles. The van der Waals surface area contributed by atoms with E-state index in [9.17, 15) is 4.79 Å². The second kappa shape index (κ2) is 9.73. The molecule has 12 atom stereocenters. The number of methoxy groups -OCH3 is 1. The smallest absolute Gasteiger partial charge is 0.338 e. The molecular formula is C35H50O5. The van der Waals surface area contributed by atoms with Gasteiger partial charge in [0.15, 0.2) is 5.79 Å². The first-order valence-corrected chi connectivity index (χ1v) is 16.3. The Hall–Kier alpha value is -1.59. The molecule has 4 aliphatic carbocycles. The van der Waals surface area contributed by atoms with Crippen LogP contribution in [0.4, 0.5) is 0 Å². The quantitative estimate of drug-likeness (QED) is 0.362. The summed E-state index contributed by atoms with van der Waals surface area (Å²) in [5, 5.41) is 0. The van der Waals surface area contributed by atoms with E-state index in [1.165, 1.54) is 44.9 Å². The number of rotatable bonds is 3. The molecule has 2 heterocycles. The van der Waals surface area contributed by atoms with E-state index in [2.05, 4.69) is 27.7 Å². The minimum absolute atomic E-state index is 0.0348. The molecule has 6 fully saturated rings. The molecule has 0 unspecified atom stereocenters. The molecule has 1 spiro atoms. The molecule has 40 heavy (non-hydrogen) atoms. The predicted molar refractivity (Wildman–Crippen MR) is 154 cm³/mol. The van der Waals surface area contributed by atoms with Gasteiger partial charge in [0, 0.05) is 12.3 Å². The van der Waals surface area contributed by atoms with Crippen molar-refractivity contribution in [3.05, 3.63) is 29.8 Å². The summed E-state index contributed by atoms with van der Waals surface area (Å²) in [7, 11) is 1.64. The van der Waals surface area contributed by atoms with Crippen LogP contribution in [0.1, 0.15) is 102 Å². The number of esters is 1. The van der Waals surface area contributed by atoms with Gasteiger partial charge in [-0.3, -0.25) is 0 Å². The monoisotopic (exact) mass is 550 g/mol. The number of hydrogen-bond acceptors (Lipinski definition) is 5. The van der Waals surface area contributed by atoms with Crippen molar-refractivity contribution < 1.29 is 23.7 Å². The van der Waals surface area contributed by atoms with Crippen molar-refractivity contribution in [2.75, 3.05) is 13.7 Å². The van der Waals surface area contributed by atoms with Gasteiger partial charge in [0.05, 0.1) is 25.4 Å². The Morgan fingerprint density at radius 2 is 1.68 bits per heavy atom. The lowest BCUT2D eigenvalue weighted by molar-refractivity contribution is -0.273. The van der Waals surface area contributed by atoms with Crippen LogP contribution in [-0.4, -0.2) is 37.7 Å². The molecule has 7 rings (SSSR count). The van der Waals surface area contributed by atoms with Crippen molar-refractivity contribution in [3.63, 3.8) is 0 Å². The van der Waals surface area contributed by atoms with E-state index in [1.54, 1.807) is 7.11 Å². The van der Waals surface area contributed by atoms with E-state index in [1.807, 2.05) is 24.3 Å². The van der Waals surface area contributed by atoms with Gasteiger partial charge in [0.25, 0.3) is 0 Å². The van der Waals surface area contributed by atoms with Crippen molar-refractivity contribution in [3.8, 4) is 5.75 Å². The van der Waals surface area contributed by atoms with E-state index in [0.717, 1.165) is 49.4 Å². The predicted octanol–water partition coefficient (Wildman–Crippen LogP) is 7.67. The molecule has 4 saturated carbocycles. The van der Waals surface area contributed by atoms with Gasteiger partial charge in [-0.15, -0.1) is 0 Å². The maximum absolute atomic E-state index is 12.9. The van der Waals surface area contributed by atoms with Gasteiger partial charge in [-0.1, -0.05) is 27.7 Å². The normalized spacial score (nSPS) is 49.5. The SMILES string of the molecule is COc1ccc(C(=O)O[C@@H]2CC[C@@]3(C)[C@H](CC[C@@H]4[C@@H]3CC[C@]3(C)[C@H]5[C@H](C[C@@H]43)O[C@@]3(CC[C@H](C)CO3)[C@H]5C)C2)cc1. The van der Waals surface area contributed by atoms with Crippen LogP contribution in [0, 0.1) is 52.3 Å². The second-order valence-corrected chi connectivity index (χ2v) is 15.2. The van der Waals surface area contributed by atoms with Gasteiger partial charge >= 0.3 is 5.97 Å². The molecule has 0 aromatic heterocycles. The molecule has 0 bridgehead atoms. The van der Waals surface area contributed by atoms with Crippen LogP contribution < -0.4 is 4.74 Å². The van der Waals surface area contributed by atoms with Crippen molar-refractivity contribution in [1.29, 1.82) is 0 Å². The number of carbonyl (C=O) groups is 1. The highest BCUT2D eigenvalue weighted by Gasteiger charge is 2.69. The third kappa shape index (κ3) is 4.03. The first kappa shape index (κ1) is 27.3. The summed E-state index contributed by atoms with van der Waals surface area (Å²) in [6.45, 7) is 10.8. The number of carbonyl (C=O) groups excluding carboxylic acids is 1. The van der Waals surface area contributed by atoms with Crippen LogP contribution in [0.15, 0.2) is 24.3 Å². The fourth-order valence-corrected chi connectivity index (χ4v) is 11.3. The summed E-state index contributed by atoms with van der Waals surface area (Å²) in [6.07, 6.45) is 12.4. The average molecular weight is 551 g/mol. The largest absolute Gasteiger partial charge is 0.497 e. The fourth-order valence-electron chi connectivity index (χ4n) is 11.3. The lowest BCUT2D eigenvalue weighted by Gasteiger charge is -2.61. The van der Waals surface area contributed by atoms with Crippen LogP contribution in [0.2, 0.25) is 0 Å². The highest BCUT2D eigenvalue weighted by atomic mass is 16.7. The Morgan fingerprint density at radius 3 is 2.40 bits per heavy atom. The third-order valence-corrected chi connectivity index (χ3v) is 13.5. The zero-order valence-corrected chi connectivity index (χ0v) is 25.3. The van der Waals surface area contributed by atoms with Crippen molar-refractivity contribution in [2.45, 2.75) is 110 Å².